The molecular formula is C50H41BN2. The number of nitrogens with zero attached hydrogens (tertiary/aromatic N) is 2. The van der Waals surface area contributed by atoms with Crippen LogP contribution in [0.4, 0.5) is 34.1 Å². The van der Waals surface area contributed by atoms with Gasteiger partial charge in [0, 0.05) is 28.4 Å². The second kappa shape index (κ2) is 12.4. The fourth-order valence-corrected chi connectivity index (χ4v) is 10.1. The van der Waals surface area contributed by atoms with E-state index in [0.717, 1.165) is 0 Å². The van der Waals surface area contributed by atoms with E-state index in [9.17, 15) is 0 Å². The van der Waals surface area contributed by atoms with Gasteiger partial charge in [0.05, 0.1) is 5.69 Å². The molecule has 0 aromatic heterocycles. The monoisotopic (exact) mass is 680 g/mol. The second-order valence-corrected chi connectivity index (χ2v) is 15.3. The second-order valence-electron chi connectivity index (χ2n) is 15.3. The van der Waals surface area contributed by atoms with Crippen molar-refractivity contribution in [2.45, 2.75) is 51.4 Å². The van der Waals surface area contributed by atoms with E-state index in [1.807, 2.05) is 0 Å². The summed E-state index contributed by atoms with van der Waals surface area (Å²) in [5.41, 5.74) is 23.3. The van der Waals surface area contributed by atoms with Gasteiger partial charge in [-0.1, -0.05) is 109 Å². The normalized spacial score (nSPS) is 15.2. The van der Waals surface area contributed by atoms with Gasteiger partial charge in [-0.15, -0.1) is 0 Å². The van der Waals surface area contributed by atoms with Crippen molar-refractivity contribution in [3.8, 4) is 22.3 Å². The van der Waals surface area contributed by atoms with Crippen molar-refractivity contribution in [2.24, 2.45) is 0 Å². The van der Waals surface area contributed by atoms with Crippen LogP contribution in [0.25, 0.3) is 22.3 Å². The molecule has 4 aliphatic rings. The van der Waals surface area contributed by atoms with E-state index in [1.54, 1.807) is 22.3 Å². The maximum atomic E-state index is 2.72. The predicted octanol–water partition coefficient (Wildman–Crippen LogP) is 10.9. The summed E-state index contributed by atoms with van der Waals surface area (Å²) in [6, 6.07) is 57.0. The lowest BCUT2D eigenvalue weighted by molar-refractivity contribution is 0.658. The molecule has 0 unspecified atom stereocenters. The number of hydrogen-bond donors (Lipinski definition) is 0. The third-order valence-corrected chi connectivity index (χ3v) is 12.4. The maximum Gasteiger partial charge on any atom is 0.252 e. The van der Waals surface area contributed by atoms with Gasteiger partial charge < -0.3 is 9.80 Å². The maximum absolute atomic E-state index is 2.72. The van der Waals surface area contributed by atoms with Crippen molar-refractivity contribution < 1.29 is 0 Å². The van der Waals surface area contributed by atoms with Gasteiger partial charge in [0.15, 0.2) is 0 Å². The molecule has 0 saturated carbocycles. The van der Waals surface area contributed by atoms with E-state index < -0.39 is 0 Å². The zero-order chi connectivity index (χ0) is 34.9. The lowest BCUT2D eigenvalue weighted by Crippen LogP contribution is -2.61. The number of fused-ring (bicyclic) bond motifs is 6. The zero-order valence-corrected chi connectivity index (χ0v) is 30.1. The molecule has 0 radical (unpaired) electrons. The summed E-state index contributed by atoms with van der Waals surface area (Å²) in [5.74, 6) is 0. The fraction of sp³-hybridized carbons (Fsp3) is 0.160. The molecule has 0 atom stereocenters. The number of aryl methyl sites for hydroxylation is 2. The molecule has 7 aromatic rings. The summed E-state index contributed by atoms with van der Waals surface area (Å²) in [7, 11) is 0. The Hall–Kier alpha value is -5.80. The molecule has 7 aromatic carbocycles. The Balaban J connectivity index is 1.19. The molecule has 2 heterocycles. The molecule has 2 nitrogen and oxygen atoms in total. The highest BCUT2D eigenvalue weighted by Crippen LogP contribution is 2.49. The topological polar surface area (TPSA) is 6.48 Å². The molecule has 0 amide bonds. The van der Waals surface area contributed by atoms with Gasteiger partial charge in [-0.05, 0) is 155 Å². The van der Waals surface area contributed by atoms with Crippen molar-refractivity contribution in [1.82, 2.24) is 0 Å². The van der Waals surface area contributed by atoms with E-state index in [0.29, 0.717) is 0 Å². The van der Waals surface area contributed by atoms with E-state index in [4.69, 9.17) is 0 Å². The highest BCUT2D eigenvalue weighted by molar-refractivity contribution is 7.00. The first-order chi connectivity index (χ1) is 26.3. The first kappa shape index (κ1) is 30.8. The molecule has 53 heavy (non-hydrogen) atoms. The molecular weight excluding hydrogens is 639 g/mol. The van der Waals surface area contributed by atoms with Gasteiger partial charge in [0.2, 0.25) is 0 Å². The summed E-state index contributed by atoms with van der Waals surface area (Å²) in [5, 5.41) is 0. The number of hydrogen-bond acceptors (Lipinski definition) is 2. The smallest absolute Gasteiger partial charge is 0.252 e. The van der Waals surface area contributed by atoms with Crippen molar-refractivity contribution in [2.75, 3.05) is 9.80 Å². The average molecular weight is 681 g/mol. The van der Waals surface area contributed by atoms with Crippen LogP contribution >= 0.6 is 0 Å². The summed E-state index contributed by atoms with van der Waals surface area (Å²) >= 11 is 0. The van der Waals surface area contributed by atoms with Gasteiger partial charge in [-0.3, -0.25) is 0 Å². The molecule has 2 aliphatic heterocycles. The van der Waals surface area contributed by atoms with Crippen LogP contribution < -0.4 is 26.2 Å². The van der Waals surface area contributed by atoms with Gasteiger partial charge in [0.1, 0.15) is 0 Å². The summed E-state index contributed by atoms with van der Waals surface area (Å²) in [6.45, 7) is 0.141. The third kappa shape index (κ3) is 4.87. The van der Waals surface area contributed by atoms with Crippen LogP contribution in [0.15, 0.2) is 152 Å². The van der Waals surface area contributed by atoms with Crippen molar-refractivity contribution in [3.05, 3.63) is 174 Å². The molecule has 0 spiro atoms. The van der Waals surface area contributed by atoms with E-state index in [1.165, 1.54) is 124 Å². The van der Waals surface area contributed by atoms with Gasteiger partial charge >= 0.3 is 0 Å². The quantitative estimate of drug-likeness (QED) is 0.171. The molecule has 254 valence electrons. The average Bonchev–Trinajstić information content (AvgIpc) is 3.23. The SMILES string of the molecule is c1ccc(-c2cc(-c3ccccc3)cc(N3c4ccccc4B4c5ccccc5N(c5c6c(cc7c5CCCC7)CCCC6)c5cccc3c54)c2)cc1. The fourth-order valence-electron chi connectivity index (χ4n) is 10.1. The number of anilines is 6. The van der Waals surface area contributed by atoms with Crippen LogP contribution in [-0.2, 0) is 25.7 Å². The molecule has 0 saturated heterocycles. The minimum Gasteiger partial charge on any atom is -0.311 e. The van der Waals surface area contributed by atoms with E-state index in [-0.39, 0.29) is 6.71 Å². The summed E-state index contributed by atoms with van der Waals surface area (Å²) < 4.78 is 0. The van der Waals surface area contributed by atoms with Gasteiger partial charge in [-0.25, -0.2) is 0 Å². The van der Waals surface area contributed by atoms with Crippen LogP contribution in [0.1, 0.15) is 47.9 Å². The zero-order valence-electron chi connectivity index (χ0n) is 30.1. The largest absolute Gasteiger partial charge is 0.311 e. The first-order valence-electron chi connectivity index (χ1n) is 19.7. The first-order valence-corrected chi connectivity index (χ1v) is 19.7. The minimum absolute atomic E-state index is 0.141. The highest BCUT2D eigenvalue weighted by atomic mass is 15.2. The molecule has 11 rings (SSSR count). The summed E-state index contributed by atoms with van der Waals surface area (Å²) in [6.07, 6.45) is 9.86. The Morgan fingerprint density at radius 2 is 0.849 bits per heavy atom. The van der Waals surface area contributed by atoms with Crippen LogP contribution in [0.5, 0.6) is 0 Å². The van der Waals surface area contributed by atoms with Crippen LogP contribution in [-0.4, -0.2) is 6.71 Å². The molecule has 2 aliphatic carbocycles. The Kier molecular flexibility index (Phi) is 7.21. The van der Waals surface area contributed by atoms with Gasteiger partial charge in [-0.2, -0.15) is 0 Å². The van der Waals surface area contributed by atoms with Crippen LogP contribution in [0, 0.1) is 0 Å². The van der Waals surface area contributed by atoms with Gasteiger partial charge in [0.25, 0.3) is 6.71 Å². The Morgan fingerprint density at radius 1 is 0.377 bits per heavy atom. The van der Waals surface area contributed by atoms with E-state index >= 15 is 0 Å². The van der Waals surface area contributed by atoms with Crippen molar-refractivity contribution >= 4 is 57.2 Å². The Labute approximate surface area is 313 Å². The Bertz CT molecular complexity index is 2450. The molecule has 0 bridgehead atoms. The molecule has 0 N–H and O–H groups in total. The standard InChI is InChI=1S/C50H41BN2/c1-3-16-34(17-4-1)38-31-39(35-18-5-2-6-19-35)33-40(32-38)52-45-26-13-11-24-43(45)51-44-25-12-14-27-46(44)53(48-29-15-28-47(52)49(48)51)50-41-22-9-7-20-36(41)30-37-21-8-10-23-42(37)50/h1-6,11-19,24-33H,7-10,20-23H2. The molecule has 3 heteroatoms. The minimum atomic E-state index is 0.141. The predicted molar refractivity (Wildman–Crippen MR) is 225 cm³/mol. The molecule has 0 fully saturated rings. The number of para-hydroxylation sites is 2. The Morgan fingerprint density at radius 3 is 1.43 bits per heavy atom. The number of rotatable bonds is 4. The number of benzene rings is 7. The lowest BCUT2D eigenvalue weighted by Gasteiger charge is -2.45. The lowest BCUT2D eigenvalue weighted by atomic mass is 9.33. The highest BCUT2D eigenvalue weighted by Gasteiger charge is 2.44. The third-order valence-electron chi connectivity index (χ3n) is 12.4. The summed E-state index contributed by atoms with van der Waals surface area (Å²) in [4.78, 5) is 5.28. The van der Waals surface area contributed by atoms with Crippen LogP contribution in [0.3, 0.4) is 0 Å². The van der Waals surface area contributed by atoms with Crippen molar-refractivity contribution in [1.29, 1.82) is 0 Å². The van der Waals surface area contributed by atoms with Crippen molar-refractivity contribution in [3.63, 3.8) is 0 Å². The van der Waals surface area contributed by atoms with Crippen LogP contribution in [0.2, 0.25) is 0 Å². The van der Waals surface area contributed by atoms with E-state index in [2.05, 4.69) is 161 Å².